The van der Waals surface area contributed by atoms with Crippen molar-refractivity contribution < 1.29 is 5.11 Å². The molecule has 1 aliphatic heterocycles. The molecule has 1 atom stereocenters. The van der Waals surface area contributed by atoms with Gasteiger partial charge in [-0.25, -0.2) is 0 Å². The first kappa shape index (κ1) is 11.4. The Labute approximate surface area is 106 Å². The number of aromatic nitrogens is 2. The van der Waals surface area contributed by atoms with Crippen molar-refractivity contribution in [1.82, 2.24) is 15.1 Å². The lowest BCUT2D eigenvalue weighted by Gasteiger charge is -2.24. The van der Waals surface area contributed by atoms with Crippen LogP contribution in [0.2, 0.25) is 0 Å². The fourth-order valence-electron chi connectivity index (χ4n) is 2.62. The number of nitrogens with zero attached hydrogens (tertiary/aromatic N) is 2. The second kappa shape index (κ2) is 4.92. The molecule has 3 rings (SSSR count). The number of benzene rings is 1. The van der Waals surface area contributed by atoms with E-state index < -0.39 is 0 Å². The SMILES string of the molecule is OCCn1ncc2c1CNCC2c1ccccc1. The van der Waals surface area contributed by atoms with E-state index in [4.69, 9.17) is 5.11 Å². The fraction of sp³-hybridized carbons (Fsp3) is 0.357. The Balaban J connectivity index is 1.98. The quantitative estimate of drug-likeness (QED) is 0.849. The van der Waals surface area contributed by atoms with E-state index in [0.717, 1.165) is 13.1 Å². The Morgan fingerprint density at radius 2 is 2.17 bits per heavy atom. The molecule has 0 bridgehead atoms. The van der Waals surface area contributed by atoms with Crippen LogP contribution in [-0.2, 0) is 13.1 Å². The molecule has 0 saturated carbocycles. The summed E-state index contributed by atoms with van der Waals surface area (Å²) in [6.45, 7) is 2.48. The minimum absolute atomic E-state index is 0.129. The van der Waals surface area contributed by atoms with Gasteiger partial charge in [0.2, 0.25) is 0 Å². The Kier molecular flexibility index (Phi) is 3.13. The van der Waals surface area contributed by atoms with E-state index in [2.05, 4.69) is 34.7 Å². The Morgan fingerprint density at radius 3 is 2.94 bits per heavy atom. The second-order valence-electron chi connectivity index (χ2n) is 4.59. The third-order valence-electron chi connectivity index (χ3n) is 3.51. The summed E-state index contributed by atoms with van der Waals surface area (Å²) in [6.07, 6.45) is 1.95. The van der Waals surface area contributed by atoms with Gasteiger partial charge in [0, 0.05) is 24.6 Å². The van der Waals surface area contributed by atoms with Gasteiger partial charge in [0.05, 0.1) is 25.0 Å². The van der Waals surface area contributed by atoms with E-state index in [0.29, 0.717) is 12.5 Å². The van der Waals surface area contributed by atoms with Crippen molar-refractivity contribution in [2.45, 2.75) is 19.0 Å². The van der Waals surface area contributed by atoms with Crippen LogP contribution in [0.1, 0.15) is 22.7 Å². The number of aliphatic hydroxyl groups is 1. The number of hydrogen-bond acceptors (Lipinski definition) is 3. The van der Waals surface area contributed by atoms with E-state index in [1.54, 1.807) is 0 Å². The molecule has 2 heterocycles. The lowest BCUT2D eigenvalue weighted by atomic mass is 9.89. The topological polar surface area (TPSA) is 50.1 Å². The number of nitrogens with one attached hydrogen (secondary N) is 1. The lowest BCUT2D eigenvalue weighted by Crippen LogP contribution is -2.30. The number of hydrogen-bond donors (Lipinski definition) is 2. The minimum atomic E-state index is 0.129. The molecule has 0 radical (unpaired) electrons. The summed E-state index contributed by atoms with van der Waals surface area (Å²) in [5.41, 5.74) is 3.80. The summed E-state index contributed by atoms with van der Waals surface area (Å²) in [5, 5.41) is 16.9. The number of fused-ring (bicyclic) bond motifs is 1. The third kappa shape index (κ3) is 1.94. The molecule has 4 nitrogen and oxygen atoms in total. The van der Waals surface area contributed by atoms with Crippen LogP contribution in [0.4, 0.5) is 0 Å². The van der Waals surface area contributed by atoms with Crippen LogP contribution in [0.5, 0.6) is 0 Å². The van der Waals surface area contributed by atoms with Crippen LogP contribution in [0.25, 0.3) is 0 Å². The van der Waals surface area contributed by atoms with Crippen molar-refractivity contribution in [3.63, 3.8) is 0 Å². The summed E-state index contributed by atoms with van der Waals surface area (Å²) in [7, 11) is 0. The number of rotatable bonds is 3. The highest BCUT2D eigenvalue weighted by molar-refractivity contribution is 5.36. The van der Waals surface area contributed by atoms with Gasteiger partial charge in [-0.1, -0.05) is 30.3 Å². The van der Waals surface area contributed by atoms with Gasteiger partial charge in [0.25, 0.3) is 0 Å². The predicted molar refractivity (Wildman–Crippen MR) is 69.3 cm³/mol. The Hall–Kier alpha value is -1.65. The maximum absolute atomic E-state index is 9.04. The van der Waals surface area contributed by atoms with E-state index in [-0.39, 0.29) is 6.61 Å². The smallest absolute Gasteiger partial charge is 0.0644 e. The van der Waals surface area contributed by atoms with Gasteiger partial charge in [-0.3, -0.25) is 4.68 Å². The third-order valence-corrected chi connectivity index (χ3v) is 3.51. The van der Waals surface area contributed by atoms with Crippen LogP contribution in [0.3, 0.4) is 0 Å². The van der Waals surface area contributed by atoms with Crippen LogP contribution >= 0.6 is 0 Å². The van der Waals surface area contributed by atoms with Gasteiger partial charge in [0.1, 0.15) is 0 Å². The minimum Gasteiger partial charge on any atom is -0.394 e. The molecule has 0 fully saturated rings. The van der Waals surface area contributed by atoms with E-state index in [1.165, 1.54) is 16.8 Å². The monoisotopic (exact) mass is 243 g/mol. The Morgan fingerprint density at radius 1 is 1.33 bits per heavy atom. The molecule has 0 saturated heterocycles. The van der Waals surface area contributed by atoms with Crippen molar-refractivity contribution in [3.8, 4) is 0 Å². The first-order valence-electron chi connectivity index (χ1n) is 6.31. The molecule has 0 spiro atoms. The molecular formula is C14H17N3O. The highest BCUT2D eigenvalue weighted by Gasteiger charge is 2.24. The molecule has 1 aromatic heterocycles. The van der Waals surface area contributed by atoms with E-state index >= 15 is 0 Å². The zero-order valence-corrected chi connectivity index (χ0v) is 10.2. The summed E-state index contributed by atoms with van der Waals surface area (Å²) in [6, 6.07) is 10.5. The summed E-state index contributed by atoms with van der Waals surface area (Å²) in [5.74, 6) is 0.363. The molecule has 0 amide bonds. The van der Waals surface area contributed by atoms with Gasteiger partial charge in [0.15, 0.2) is 0 Å². The zero-order chi connectivity index (χ0) is 12.4. The standard InChI is InChI=1S/C14H17N3O/c18-7-6-17-14-10-15-8-12(13(14)9-16-17)11-4-2-1-3-5-11/h1-5,9,12,15,18H,6-8,10H2. The second-order valence-corrected chi connectivity index (χ2v) is 4.59. The molecule has 0 aliphatic carbocycles. The van der Waals surface area contributed by atoms with Crippen LogP contribution in [0, 0.1) is 0 Å². The molecule has 1 unspecified atom stereocenters. The maximum atomic E-state index is 9.04. The fourth-order valence-corrected chi connectivity index (χ4v) is 2.62. The highest BCUT2D eigenvalue weighted by Crippen LogP contribution is 2.29. The van der Waals surface area contributed by atoms with Gasteiger partial charge in [-0.05, 0) is 5.56 Å². The van der Waals surface area contributed by atoms with Crippen LogP contribution < -0.4 is 5.32 Å². The van der Waals surface area contributed by atoms with Crippen molar-refractivity contribution in [1.29, 1.82) is 0 Å². The number of aliphatic hydroxyl groups excluding tert-OH is 1. The summed E-state index contributed by atoms with van der Waals surface area (Å²) >= 11 is 0. The molecule has 1 aromatic carbocycles. The molecule has 4 heteroatoms. The molecule has 2 N–H and O–H groups in total. The van der Waals surface area contributed by atoms with Crippen molar-refractivity contribution in [3.05, 3.63) is 53.3 Å². The van der Waals surface area contributed by atoms with Gasteiger partial charge in [-0.2, -0.15) is 5.10 Å². The molecule has 94 valence electrons. The van der Waals surface area contributed by atoms with Crippen LogP contribution in [0.15, 0.2) is 36.5 Å². The summed E-state index contributed by atoms with van der Waals surface area (Å²) < 4.78 is 1.90. The summed E-state index contributed by atoms with van der Waals surface area (Å²) in [4.78, 5) is 0. The van der Waals surface area contributed by atoms with E-state index in [1.807, 2.05) is 16.9 Å². The van der Waals surface area contributed by atoms with Gasteiger partial charge < -0.3 is 10.4 Å². The Bertz CT molecular complexity index is 521. The van der Waals surface area contributed by atoms with E-state index in [9.17, 15) is 0 Å². The predicted octanol–water partition coefficient (Wildman–Crippen LogP) is 1.11. The van der Waals surface area contributed by atoms with Crippen molar-refractivity contribution in [2.24, 2.45) is 0 Å². The molecular weight excluding hydrogens is 226 g/mol. The normalized spacial score (nSPS) is 18.6. The van der Waals surface area contributed by atoms with Crippen molar-refractivity contribution in [2.75, 3.05) is 13.2 Å². The maximum Gasteiger partial charge on any atom is 0.0644 e. The van der Waals surface area contributed by atoms with Crippen molar-refractivity contribution >= 4 is 0 Å². The molecule has 18 heavy (non-hydrogen) atoms. The first-order valence-corrected chi connectivity index (χ1v) is 6.31. The van der Waals surface area contributed by atoms with Crippen LogP contribution in [-0.4, -0.2) is 28.0 Å². The lowest BCUT2D eigenvalue weighted by molar-refractivity contribution is 0.266. The average Bonchev–Trinajstić information content (AvgIpc) is 2.84. The highest BCUT2D eigenvalue weighted by atomic mass is 16.3. The van der Waals surface area contributed by atoms with Gasteiger partial charge in [-0.15, -0.1) is 0 Å². The molecule has 2 aromatic rings. The van der Waals surface area contributed by atoms with Gasteiger partial charge >= 0.3 is 0 Å². The largest absolute Gasteiger partial charge is 0.394 e. The first-order chi connectivity index (χ1) is 8.90. The molecule has 1 aliphatic rings. The average molecular weight is 243 g/mol. The zero-order valence-electron chi connectivity index (χ0n) is 10.2.